The molecule has 3 heterocycles. The minimum Gasteiger partial charge on any atom is -0.467 e. The van der Waals surface area contributed by atoms with Gasteiger partial charge in [-0.2, -0.15) is 5.10 Å². The number of aryl methyl sites for hydroxylation is 3. The maximum Gasteiger partial charge on any atom is 0.251 e. The lowest BCUT2D eigenvalue weighted by atomic mass is 10.1. The van der Waals surface area contributed by atoms with E-state index in [-0.39, 0.29) is 11.8 Å². The molecule has 4 rings (SSSR count). The average molecular weight is 460 g/mol. The Bertz CT molecular complexity index is 1310. The summed E-state index contributed by atoms with van der Waals surface area (Å²) in [6.07, 6.45) is 2.52. The van der Waals surface area contributed by atoms with Gasteiger partial charge in [-0.1, -0.05) is 12.1 Å². The molecule has 1 aromatic carbocycles. The quantitative estimate of drug-likeness (QED) is 0.433. The summed E-state index contributed by atoms with van der Waals surface area (Å²) >= 11 is 0. The average Bonchev–Trinajstić information content (AvgIpc) is 3.47. The maximum atomic E-state index is 13.3. The Morgan fingerprint density at radius 1 is 1.09 bits per heavy atom. The summed E-state index contributed by atoms with van der Waals surface area (Å²) in [4.78, 5) is 31.6. The molecule has 8 nitrogen and oxygen atoms in total. The summed E-state index contributed by atoms with van der Waals surface area (Å²) < 4.78 is 7.34. The maximum absolute atomic E-state index is 13.3. The van der Waals surface area contributed by atoms with E-state index in [2.05, 4.69) is 15.4 Å². The van der Waals surface area contributed by atoms with E-state index in [4.69, 9.17) is 4.42 Å². The predicted octanol–water partition coefficient (Wildman–Crippen LogP) is 3.77. The van der Waals surface area contributed by atoms with Crippen molar-refractivity contribution in [3.05, 3.63) is 88.3 Å². The van der Waals surface area contributed by atoms with Crippen molar-refractivity contribution in [3.63, 3.8) is 0 Å². The molecule has 0 saturated heterocycles. The number of rotatable bonds is 8. The fourth-order valence-electron chi connectivity index (χ4n) is 4.14. The molecule has 0 saturated carbocycles. The SMILES string of the molecule is CNC(=O)c1ccc(CN(Cc2ccco2)C(=O)CCc2c(C)nc3cc(C)nn3c2C)cc1. The number of hydrogen-bond acceptors (Lipinski definition) is 5. The van der Waals surface area contributed by atoms with Crippen LogP contribution in [0.1, 0.15) is 50.7 Å². The summed E-state index contributed by atoms with van der Waals surface area (Å²) in [7, 11) is 1.60. The second-order valence-corrected chi connectivity index (χ2v) is 8.42. The smallest absolute Gasteiger partial charge is 0.251 e. The minimum atomic E-state index is -0.140. The Labute approximate surface area is 198 Å². The van der Waals surface area contributed by atoms with Crippen molar-refractivity contribution in [1.29, 1.82) is 0 Å². The molecule has 8 heteroatoms. The Kier molecular flexibility index (Phi) is 6.77. The third-order valence-electron chi connectivity index (χ3n) is 5.97. The van der Waals surface area contributed by atoms with Crippen molar-refractivity contribution in [2.45, 2.75) is 46.7 Å². The number of hydrogen-bond donors (Lipinski definition) is 1. The molecular formula is C26H29N5O3. The van der Waals surface area contributed by atoms with Crippen LogP contribution >= 0.6 is 0 Å². The zero-order chi connectivity index (χ0) is 24.2. The fraction of sp³-hybridized carbons (Fsp3) is 0.308. The van der Waals surface area contributed by atoms with Gasteiger partial charge >= 0.3 is 0 Å². The Morgan fingerprint density at radius 3 is 2.53 bits per heavy atom. The van der Waals surface area contributed by atoms with E-state index in [1.807, 2.05) is 55.6 Å². The highest BCUT2D eigenvalue weighted by Gasteiger charge is 2.19. The van der Waals surface area contributed by atoms with Crippen molar-refractivity contribution in [2.75, 3.05) is 7.05 Å². The van der Waals surface area contributed by atoms with Gasteiger partial charge < -0.3 is 14.6 Å². The number of benzene rings is 1. The first-order valence-corrected chi connectivity index (χ1v) is 11.3. The molecule has 34 heavy (non-hydrogen) atoms. The molecule has 0 spiro atoms. The molecule has 0 atom stereocenters. The van der Waals surface area contributed by atoms with Gasteiger partial charge in [-0.3, -0.25) is 9.59 Å². The molecule has 0 unspecified atom stereocenters. The lowest BCUT2D eigenvalue weighted by Crippen LogP contribution is -2.30. The van der Waals surface area contributed by atoms with E-state index in [0.717, 1.165) is 39.6 Å². The molecule has 0 aliphatic rings. The molecule has 1 N–H and O–H groups in total. The van der Waals surface area contributed by atoms with Gasteiger partial charge in [0.1, 0.15) is 5.76 Å². The van der Waals surface area contributed by atoms with Crippen LogP contribution in [0, 0.1) is 20.8 Å². The highest BCUT2D eigenvalue weighted by Crippen LogP contribution is 2.19. The van der Waals surface area contributed by atoms with Gasteiger partial charge in [0, 0.05) is 43.0 Å². The number of nitrogens with zero attached hydrogens (tertiary/aromatic N) is 4. The molecular weight excluding hydrogens is 430 g/mol. The second kappa shape index (κ2) is 9.91. The van der Waals surface area contributed by atoms with Gasteiger partial charge in [0.15, 0.2) is 5.65 Å². The first-order chi connectivity index (χ1) is 16.4. The van der Waals surface area contributed by atoms with Crippen molar-refractivity contribution in [1.82, 2.24) is 24.8 Å². The minimum absolute atomic E-state index is 0.0160. The molecule has 3 aromatic heterocycles. The van der Waals surface area contributed by atoms with Gasteiger partial charge in [-0.25, -0.2) is 9.50 Å². The molecule has 0 radical (unpaired) electrons. The number of fused-ring (bicyclic) bond motifs is 1. The Balaban J connectivity index is 1.52. The molecule has 0 aliphatic carbocycles. The zero-order valence-corrected chi connectivity index (χ0v) is 20.0. The normalized spacial score (nSPS) is 11.1. The lowest BCUT2D eigenvalue weighted by molar-refractivity contribution is -0.132. The Hall–Kier alpha value is -3.94. The van der Waals surface area contributed by atoms with Crippen molar-refractivity contribution < 1.29 is 14.0 Å². The van der Waals surface area contributed by atoms with E-state index in [1.165, 1.54) is 0 Å². The molecule has 0 fully saturated rings. The van der Waals surface area contributed by atoms with Crippen LogP contribution in [0.5, 0.6) is 0 Å². The van der Waals surface area contributed by atoms with E-state index < -0.39 is 0 Å². The highest BCUT2D eigenvalue weighted by molar-refractivity contribution is 5.93. The molecule has 176 valence electrons. The van der Waals surface area contributed by atoms with Gasteiger partial charge in [0.05, 0.1) is 18.5 Å². The van der Waals surface area contributed by atoms with Crippen LogP contribution in [0.4, 0.5) is 0 Å². The zero-order valence-electron chi connectivity index (χ0n) is 20.0. The van der Waals surface area contributed by atoms with Crippen LogP contribution < -0.4 is 5.32 Å². The van der Waals surface area contributed by atoms with Crippen LogP contribution in [0.2, 0.25) is 0 Å². The van der Waals surface area contributed by atoms with Crippen molar-refractivity contribution in [2.24, 2.45) is 0 Å². The molecule has 4 aromatic rings. The largest absolute Gasteiger partial charge is 0.467 e. The molecule has 0 bridgehead atoms. The number of amides is 2. The summed E-state index contributed by atoms with van der Waals surface area (Å²) in [5, 5.41) is 7.14. The van der Waals surface area contributed by atoms with Crippen LogP contribution in [0.3, 0.4) is 0 Å². The monoisotopic (exact) mass is 459 g/mol. The van der Waals surface area contributed by atoms with Crippen LogP contribution in [-0.2, 0) is 24.3 Å². The predicted molar refractivity (Wildman–Crippen MR) is 128 cm³/mol. The number of aromatic nitrogens is 3. The third-order valence-corrected chi connectivity index (χ3v) is 5.97. The van der Waals surface area contributed by atoms with Crippen LogP contribution in [0.15, 0.2) is 53.1 Å². The number of carbonyl (C=O) groups is 2. The first-order valence-electron chi connectivity index (χ1n) is 11.3. The van der Waals surface area contributed by atoms with Gasteiger partial charge in [-0.15, -0.1) is 0 Å². The summed E-state index contributed by atoms with van der Waals surface area (Å²) in [5.41, 5.74) is 6.22. The van der Waals surface area contributed by atoms with Crippen LogP contribution in [0.25, 0.3) is 5.65 Å². The third kappa shape index (κ3) is 5.01. The number of carbonyl (C=O) groups excluding carboxylic acids is 2. The van der Waals surface area contributed by atoms with E-state index >= 15 is 0 Å². The molecule has 2 amide bonds. The van der Waals surface area contributed by atoms with Crippen molar-refractivity contribution >= 4 is 17.5 Å². The van der Waals surface area contributed by atoms with Crippen molar-refractivity contribution in [3.8, 4) is 0 Å². The first kappa shape index (κ1) is 23.2. The number of nitrogens with one attached hydrogen (secondary N) is 1. The van der Waals surface area contributed by atoms with E-state index in [9.17, 15) is 9.59 Å². The summed E-state index contributed by atoms with van der Waals surface area (Å²) in [6.45, 7) is 6.73. The van der Waals surface area contributed by atoms with E-state index in [0.29, 0.717) is 31.5 Å². The second-order valence-electron chi connectivity index (χ2n) is 8.42. The summed E-state index contributed by atoms with van der Waals surface area (Å²) in [5.74, 6) is 0.596. The Morgan fingerprint density at radius 2 is 1.85 bits per heavy atom. The topological polar surface area (TPSA) is 92.7 Å². The van der Waals surface area contributed by atoms with Gasteiger partial charge in [-0.05, 0) is 62.6 Å². The lowest BCUT2D eigenvalue weighted by Gasteiger charge is -2.22. The van der Waals surface area contributed by atoms with Crippen LogP contribution in [-0.4, -0.2) is 38.4 Å². The highest BCUT2D eigenvalue weighted by atomic mass is 16.3. The molecule has 0 aliphatic heterocycles. The standard InChI is InChI=1S/C26H29N5O3/c1-17-14-24-28-18(2)23(19(3)31(24)29-17)11-12-25(32)30(16-22-6-5-13-34-22)15-20-7-9-21(10-8-20)26(33)27-4/h5-10,13-14H,11-12,15-16H2,1-4H3,(H,27,33). The van der Waals surface area contributed by atoms with Gasteiger partial charge in [0.25, 0.3) is 5.91 Å². The fourth-order valence-corrected chi connectivity index (χ4v) is 4.14. The summed E-state index contributed by atoms with van der Waals surface area (Å²) in [6, 6.07) is 12.9. The van der Waals surface area contributed by atoms with E-state index in [1.54, 1.807) is 30.3 Å². The number of furan rings is 1. The van der Waals surface area contributed by atoms with Gasteiger partial charge in [0.2, 0.25) is 5.91 Å².